The first-order valence-electron chi connectivity index (χ1n) is 12.6. The van der Waals surface area contributed by atoms with E-state index in [1.54, 1.807) is 0 Å². The van der Waals surface area contributed by atoms with Crippen molar-refractivity contribution in [2.75, 3.05) is 13.2 Å². The van der Waals surface area contributed by atoms with Crippen molar-refractivity contribution in [3.05, 3.63) is 0 Å². The van der Waals surface area contributed by atoms with Gasteiger partial charge >= 0.3 is 11.9 Å². The van der Waals surface area contributed by atoms with Crippen LogP contribution >= 0.6 is 0 Å². The number of carboxylic acids is 1. The molecule has 8 heteroatoms. The smallest absolute Gasteiger partial charge is 0.329 e. The number of esters is 1. The highest BCUT2D eigenvalue weighted by molar-refractivity contribution is 5.89. The molecule has 188 valence electrons. The van der Waals surface area contributed by atoms with Gasteiger partial charge in [-0.3, -0.25) is 9.59 Å². The average molecular weight is 458 g/mol. The molecule has 1 amide bonds. The molecule has 0 radical (unpaired) electrons. The molecule has 0 rings (SSSR count). The Hall–Kier alpha value is -1.67. The number of ether oxygens (including phenoxy) is 1. The fourth-order valence-corrected chi connectivity index (χ4v) is 3.50. The maximum atomic E-state index is 12.2. The summed E-state index contributed by atoms with van der Waals surface area (Å²) >= 11 is 0. The van der Waals surface area contributed by atoms with Gasteiger partial charge in [0.15, 0.2) is 0 Å². The molecular formula is C24H47N3O5. The number of aliphatic carboxylic acids is 1. The quantitative estimate of drug-likeness (QED) is 0.143. The summed E-state index contributed by atoms with van der Waals surface area (Å²) in [6.45, 7) is 2.97. The summed E-state index contributed by atoms with van der Waals surface area (Å²) in [6, 6.07) is -2.03. The molecule has 0 aromatic rings. The highest BCUT2D eigenvalue weighted by atomic mass is 16.5. The standard InChI is InChI=1S/C24H47N3O5/c1-2-3-4-5-6-7-8-9-10-11-12-15-18-32-24(31)21(19-22(28)29)27-23(30)20(26)16-13-14-17-25/h20-21H,2-19,25-26H2,1H3,(H,27,30)(H,28,29)/t20-,21-/m0/s1. The second kappa shape index (κ2) is 21.2. The van der Waals surface area contributed by atoms with Gasteiger partial charge in [0.1, 0.15) is 6.04 Å². The third-order valence-electron chi connectivity index (χ3n) is 5.53. The maximum absolute atomic E-state index is 12.2. The van der Waals surface area contributed by atoms with Crippen molar-refractivity contribution in [1.82, 2.24) is 5.32 Å². The van der Waals surface area contributed by atoms with Crippen LogP contribution in [0.25, 0.3) is 0 Å². The van der Waals surface area contributed by atoms with Crippen molar-refractivity contribution >= 4 is 17.8 Å². The summed E-state index contributed by atoms with van der Waals surface area (Å²) in [5, 5.41) is 11.5. The molecule has 0 aromatic heterocycles. The second-order valence-corrected chi connectivity index (χ2v) is 8.61. The van der Waals surface area contributed by atoms with E-state index in [4.69, 9.17) is 21.3 Å². The van der Waals surface area contributed by atoms with Gasteiger partial charge < -0.3 is 26.6 Å². The van der Waals surface area contributed by atoms with E-state index in [1.165, 1.54) is 57.8 Å². The molecule has 0 spiro atoms. The highest BCUT2D eigenvalue weighted by Gasteiger charge is 2.27. The lowest BCUT2D eigenvalue weighted by atomic mass is 10.1. The molecule has 6 N–H and O–H groups in total. The Morgan fingerprint density at radius 2 is 1.38 bits per heavy atom. The predicted molar refractivity (Wildman–Crippen MR) is 127 cm³/mol. The third-order valence-corrected chi connectivity index (χ3v) is 5.53. The summed E-state index contributed by atoms with van der Waals surface area (Å²) in [5.74, 6) is -2.46. The fraction of sp³-hybridized carbons (Fsp3) is 0.875. The van der Waals surface area contributed by atoms with Gasteiger partial charge in [-0.05, 0) is 25.8 Å². The van der Waals surface area contributed by atoms with Gasteiger partial charge in [-0.1, -0.05) is 84.0 Å². The topological polar surface area (TPSA) is 145 Å². The molecule has 8 nitrogen and oxygen atoms in total. The van der Waals surface area contributed by atoms with Crippen LogP contribution in [0.1, 0.15) is 110 Å². The molecule has 0 saturated heterocycles. The molecule has 0 aliphatic rings. The van der Waals surface area contributed by atoms with Crippen molar-refractivity contribution in [2.24, 2.45) is 11.5 Å². The largest absolute Gasteiger partial charge is 0.481 e. The monoisotopic (exact) mass is 457 g/mol. The van der Waals surface area contributed by atoms with Crippen LogP contribution in [0.5, 0.6) is 0 Å². The third kappa shape index (κ3) is 18.0. The van der Waals surface area contributed by atoms with Crippen molar-refractivity contribution in [3.63, 3.8) is 0 Å². The highest BCUT2D eigenvalue weighted by Crippen LogP contribution is 2.12. The van der Waals surface area contributed by atoms with Gasteiger partial charge in [-0.15, -0.1) is 0 Å². The Balaban J connectivity index is 3.96. The first-order chi connectivity index (χ1) is 15.4. The molecule has 0 unspecified atom stereocenters. The molecule has 0 saturated carbocycles. The number of hydrogen-bond acceptors (Lipinski definition) is 6. The molecule has 32 heavy (non-hydrogen) atoms. The Kier molecular flexibility index (Phi) is 20.1. The van der Waals surface area contributed by atoms with Crippen LogP contribution < -0.4 is 16.8 Å². The molecular weight excluding hydrogens is 410 g/mol. The van der Waals surface area contributed by atoms with Gasteiger partial charge in [-0.2, -0.15) is 0 Å². The minimum Gasteiger partial charge on any atom is -0.481 e. The minimum atomic E-state index is -1.22. The summed E-state index contributed by atoms with van der Waals surface area (Å²) in [7, 11) is 0. The summed E-state index contributed by atoms with van der Waals surface area (Å²) in [6.07, 6.45) is 15.8. The van der Waals surface area contributed by atoms with E-state index in [2.05, 4.69) is 12.2 Å². The van der Waals surface area contributed by atoms with Crippen LogP contribution in [0.3, 0.4) is 0 Å². The lowest BCUT2D eigenvalue weighted by Gasteiger charge is -2.18. The SMILES string of the molecule is CCCCCCCCCCCCCCOC(=O)[C@H](CC(=O)O)NC(=O)[C@@H](N)CCCCN. The zero-order valence-electron chi connectivity index (χ0n) is 20.1. The molecule has 0 bridgehead atoms. The normalized spacial score (nSPS) is 12.8. The van der Waals surface area contributed by atoms with Crippen LogP contribution in [-0.4, -0.2) is 48.2 Å². The Morgan fingerprint density at radius 1 is 0.844 bits per heavy atom. The van der Waals surface area contributed by atoms with Crippen LogP contribution in [0, 0.1) is 0 Å². The van der Waals surface area contributed by atoms with E-state index in [1.807, 2.05) is 0 Å². The maximum Gasteiger partial charge on any atom is 0.329 e. The summed E-state index contributed by atoms with van der Waals surface area (Å²) < 4.78 is 5.20. The number of carbonyl (C=O) groups excluding carboxylic acids is 2. The van der Waals surface area contributed by atoms with Crippen molar-refractivity contribution in [3.8, 4) is 0 Å². The van der Waals surface area contributed by atoms with E-state index in [-0.39, 0.29) is 6.61 Å². The number of nitrogens with two attached hydrogens (primary N) is 2. The van der Waals surface area contributed by atoms with Crippen LogP contribution in [0.2, 0.25) is 0 Å². The fourth-order valence-electron chi connectivity index (χ4n) is 3.50. The predicted octanol–water partition coefficient (Wildman–Crippen LogP) is 3.65. The lowest BCUT2D eigenvalue weighted by molar-refractivity contribution is -0.152. The van der Waals surface area contributed by atoms with Gasteiger partial charge in [0.25, 0.3) is 0 Å². The van der Waals surface area contributed by atoms with Crippen LogP contribution in [0.4, 0.5) is 0 Å². The number of nitrogens with one attached hydrogen (secondary N) is 1. The molecule has 0 heterocycles. The molecule has 0 aliphatic carbocycles. The van der Waals surface area contributed by atoms with E-state index >= 15 is 0 Å². The first kappa shape index (κ1) is 30.3. The van der Waals surface area contributed by atoms with E-state index in [0.717, 1.165) is 25.7 Å². The summed E-state index contributed by atoms with van der Waals surface area (Å²) in [5.41, 5.74) is 11.2. The number of amides is 1. The van der Waals surface area contributed by atoms with Gasteiger partial charge in [0.05, 0.1) is 19.1 Å². The van der Waals surface area contributed by atoms with Crippen LogP contribution in [-0.2, 0) is 19.1 Å². The minimum absolute atomic E-state index is 0.227. The van der Waals surface area contributed by atoms with Crippen molar-refractivity contribution in [2.45, 2.75) is 122 Å². The van der Waals surface area contributed by atoms with E-state index in [9.17, 15) is 14.4 Å². The number of hydrogen-bond donors (Lipinski definition) is 4. The van der Waals surface area contributed by atoms with E-state index in [0.29, 0.717) is 19.4 Å². The van der Waals surface area contributed by atoms with Crippen molar-refractivity contribution in [1.29, 1.82) is 0 Å². The first-order valence-corrected chi connectivity index (χ1v) is 12.6. The second-order valence-electron chi connectivity index (χ2n) is 8.61. The zero-order valence-corrected chi connectivity index (χ0v) is 20.1. The van der Waals surface area contributed by atoms with Gasteiger partial charge in [-0.25, -0.2) is 4.79 Å². The number of rotatable bonds is 22. The molecule has 2 atom stereocenters. The number of unbranched alkanes of at least 4 members (excludes halogenated alkanes) is 12. The van der Waals surface area contributed by atoms with Crippen LogP contribution in [0.15, 0.2) is 0 Å². The Labute approximate surface area is 194 Å². The molecule has 0 aromatic carbocycles. The molecule has 0 fully saturated rings. The van der Waals surface area contributed by atoms with Gasteiger partial charge in [0.2, 0.25) is 5.91 Å². The average Bonchev–Trinajstić information content (AvgIpc) is 2.76. The van der Waals surface area contributed by atoms with Crippen molar-refractivity contribution < 1.29 is 24.2 Å². The zero-order chi connectivity index (χ0) is 24.0. The Morgan fingerprint density at radius 3 is 1.88 bits per heavy atom. The number of carbonyl (C=O) groups is 3. The lowest BCUT2D eigenvalue weighted by Crippen LogP contribution is -2.49. The van der Waals surface area contributed by atoms with E-state index < -0.39 is 36.4 Å². The number of carboxylic acid groups (broad SMARTS) is 1. The van der Waals surface area contributed by atoms with Gasteiger partial charge in [0, 0.05) is 0 Å². The molecule has 0 aliphatic heterocycles. The summed E-state index contributed by atoms with van der Waals surface area (Å²) in [4.78, 5) is 35.5. The Bertz CT molecular complexity index is 502.